The Kier molecular flexibility index (Phi) is 5.62. The third-order valence-corrected chi connectivity index (χ3v) is 5.09. The van der Waals surface area contributed by atoms with Crippen LogP contribution in [0.2, 0.25) is 0 Å². The third kappa shape index (κ3) is 4.17. The highest BCUT2D eigenvalue weighted by molar-refractivity contribution is 5.78. The second-order valence-electron chi connectivity index (χ2n) is 7.06. The number of rotatable bonds is 6. The van der Waals surface area contributed by atoms with Crippen LogP contribution in [0, 0.1) is 0 Å². The number of para-hydroxylation sites is 2. The lowest BCUT2D eigenvalue weighted by atomic mass is 10.2. The summed E-state index contributed by atoms with van der Waals surface area (Å²) >= 11 is 0. The van der Waals surface area contributed by atoms with Crippen LogP contribution in [0.4, 0.5) is 5.82 Å². The Hall–Kier alpha value is -3.13. The standard InChI is InChI=1S/C21H24N4O4/c1-23(15-16-5-4-12-29-16)19(26)8-9-25-18-7-3-2-6-17(18)22-20(21(25)27)24-10-13-28-14-11-24/h2-7,12H,8-11,13-15H2,1H3. The normalized spacial score (nSPS) is 14.3. The number of morpholine rings is 1. The van der Waals surface area contributed by atoms with Crippen molar-refractivity contribution in [1.29, 1.82) is 0 Å². The van der Waals surface area contributed by atoms with E-state index in [1.807, 2.05) is 35.2 Å². The van der Waals surface area contributed by atoms with Crippen LogP contribution in [0.25, 0.3) is 11.0 Å². The summed E-state index contributed by atoms with van der Waals surface area (Å²) in [6.45, 7) is 3.10. The fourth-order valence-corrected chi connectivity index (χ4v) is 3.50. The van der Waals surface area contributed by atoms with Crippen LogP contribution in [0.15, 0.2) is 51.9 Å². The molecule has 1 aliphatic rings. The van der Waals surface area contributed by atoms with Gasteiger partial charge in [0.2, 0.25) is 5.91 Å². The minimum absolute atomic E-state index is 0.0536. The molecule has 0 N–H and O–H groups in total. The number of nitrogens with zero attached hydrogens (tertiary/aromatic N) is 4. The van der Waals surface area contributed by atoms with E-state index >= 15 is 0 Å². The van der Waals surface area contributed by atoms with Gasteiger partial charge in [0, 0.05) is 33.1 Å². The Balaban J connectivity index is 1.57. The molecule has 1 saturated heterocycles. The van der Waals surface area contributed by atoms with Gasteiger partial charge in [-0.15, -0.1) is 0 Å². The van der Waals surface area contributed by atoms with Crippen LogP contribution in [0.1, 0.15) is 12.2 Å². The molecule has 4 rings (SSSR count). The molecule has 8 nitrogen and oxygen atoms in total. The van der Waals surface area contributed by atoms with Crippen molar-refractivity contribution < 1.29 is 13.9 Å². The van der Waals surface area contributed by atoms with Crippen molar-refractivity contribution in [1.82, 2.24) is 14.5 Å². The smallest absolute Gasteiger partial charge is 0.294 e. The van der Waals surface area contributed by atoms with Gasteiger partial charge in [0.15, 0.2) is 5.82 Å². The van der Waals surface area contributed by atoms with Crippen molar-refractivity contribution in [3.63, 3.8) is 0 Å². The molecule has 0 aliphatic carbocycles. The first-order valence-corrected chi connectivity index (χ1v) is 9.72. The molecule has 1 amide bonds. The first-order chi connectivity index (χ1) is 14.1. The molecule has 0 unspecified atom stereocenters. The van der Waals surface area contributed by atoms with Gasteiger partial charge in [0.1, 0.15) is 5.76 Å². The fraction of sp³-hybridized carbons (Fsp3) is 0.381. The number of hydrogen-bond acceptors (Lipinski definition) is 6. The number of aryl methyl sites for hydroxylation is 1. The Labute approximate surface area is 168 Å². The van der Waals surface area contributed by atoms with E-state index in [4.69, 9.17) is 9.15 Å². The zero-order chi connectivity index (χ0) is 20.2. The Bertz CT molecular complexity index is 1040. The van der Waals surface area contributed by atoms with E-state index in [0.717, 1.165) is 16.8 Å². The molecule has 1 aromatic carbocycles. The minimum atomic E-state index is -0.174. The Morgan fingerprint density at radius 1 is 1.17 bits per heavy atom. The number of carbonyl (C=O) groups excluding carboxylic acids is 1. The number of ether oxygens (including phenoxy) is 1. The molecule has 1 fully saturated rings. The minimum Gasteiger partial charge on any atom is -0.467 e. The van der Waals surface area contributed by atoms with Gasteiger partial charge in [-0.2, -0.15) is 0 Å². The molecule has 0 radical (unpaired) electrons. The van der Waals surface area contributed by atoms with Crippen molar-refractivity contribution >= 4 is 22.8 Å². The van der Waals surface area contributed by atoms with Crippen molar-refractivity contribution in [2.45, 2.75) is 19.5 Å². The fourth-order valence-electron chi connectivity index (χ4n) is 3.50. The molecule has 0 spiro atoms. The van der Waals surface area contributed by atoms with Crippen molar-refractivity contribution in [2.75, 3.05) is 38.3 Å². The average Bonchev–Trinajstić information content (AvgIpc) is 3.26. The largest absolute Gasteiger partial charge is 0.467 e. The van der Waals surface area contributed by atoms with Gasteiger partial charge >= 0.3 is 0 Å². The van der Waals surface area contributed by atoms with Gasteiger partial charge in [-0.05, 0) is 24.3 Å². The van der Waals surface area contributed by atoms with Crippen LogP contribution in [0.3, 0.4) is 0 Å². The number of hydrogen-bond donors (Lipinski definition) is 0. The van der Waals surface area contributed by atoms with E-state index < -0.39 is 0 Å². The van der Waals surface area contributed by atoms with Gasteiger partial charge in [-0.1, -0.05) is 12.1 Å². The zero-order valence-corrected chi connectivity index (χ0v) is 16.4. The van der Waals surface area contributed by atoms with Crippen LogP contribution >= 0.6 is 0 Å². The summed E-state index contributed by atoms with van der Waals surface area (Å²) in [5.41, 5.74) is 1.30. The van der Waals surface area contributed by atoms with E-state index in [1.165, 1.54) is 0 Å². The highest BCUT2D eigenvalue weighted by Gasteiger charge is 2.20. The summed E-state index contributed by atoms with van der Waals surface area (Å²) in [7, 11) is 1.73. The maximum atomic E-state index is 13.2. The quantitative estimate of drug-likeness (QED) is 0.633. The SMILES string of the molecule is CN(Cc1ccco1)C(=O)CCn1c(=O)c(N2CCOCC2)nc2ccccc21. The second-order valence-corrected chi connectivity index (χ2v) is 7.06. The van der Waals surface area contributed by atoms with Crippen LogP contribution in [0.5, 0.6) is 0 Å². The molecule has 0 atom stereocenters. The Morgan fingerprint density at radius 2 is 1.97 bits per heavy atom. The molecule has 0 bridgehead atoms. The first-order valence-electron chi connectivity index (χ1n) is 9.72. The van der Waals surface area contributed by atoms with Crippen LogP contribution < -0.4 is 10.5 Å². The van der Waals surface area contributed by atoms with Gasteiger partial charge in [-0.25, -0.2) is 4.98 Å². The molecule has 1 aliphatic heterocycles. The van der Waals surface area contributed by atoms with Crippen molar-refractivity contribution in [3.05, 3.63) is 58.8 Å². The van der Waals surface area contributed by atoms with Gasteiger partial charge in [0.05, 0.1) is 37.1 Å². The molecule has 152 valence electrons. The number of furan rings is 1. The summed E-state index contributed by atoms with van der Waals surface area (Å²) in [6.07, 6.45) is 1.80. The summed E-state index contributed by atoms with van der Waals surface area (Å²) < 4.78 is 12.4. The molecular weight excluding hydrogens is 372 g/mol. The van der Waals surface area contributed by atoms with Gasteiger partial charge in [0.25, 0.3) is 5.56 Å². The summed E-state index contributed by atoms with van der Waals surface area (Å²) in [4.78, 5) is 34.0. The number of amides is 1. The van der Waals surface area contributed by atoms with Gasteiger partial charge < -0.3 is 23.5 Å². The molecule has 0 saturated carbocycles. The van der Waals surface area contributed by atoms with E-state index in [1.54, 1.807) is 28.8 Å². The summed E-state index contributed by atoms with van der Waals surface area (Å²) in [5.74, 6) is 1.09. The summed E-state index contributed by atoms with van der Waals surface area (Å²) in [5, 5.41) is 0. The van der Waals surface area contributed by atoms with Crippen molar-refractivity contribution in [3.8, 4) is 0 Å². The average molecular weight is 396 g/mol. The number of fused-ring (bicyclic) bond motifs is 1. The number of benzene rings is 1. The molecule has 8 heteroatoms. The maximum absolute atomic E-state index is 13.2. The van der Waals surface area contributed by atoms with E-state index in [0.29, 0.717) is 45.2 Å². The van der Waals surface area contributed by atoms with Gasteiger partial charge in [-0.3, -0.25) is 9.59 Å². The lowest BCUT2D eigenvalue weighted by molar-refractivity contribution is -0.130. The summed E-state index contributed by atoms with van der Waals surface area (Å²) in [6, 6.07) is 11.2. The predicted octanol–water partition coefficient (Wildman–Crippen LogP) is 1.87. The number of carbonyl (C=O) groups is 1. The monoisotopic (exact) mass is 396 g/mol. The molecule has 29 heavy (non-hydrogen) atoms. The molecule has 3 aromatic rings. The third-order valence-electron chi connectivity index (χ3n) is 5.09. The first kappa shape index (κ1) is 19.2. The van der Waals surface area contributed by atoms with E-state index in [-0.39, 0.29) is 17.9 Å². The van der Waals surface area contributed by atoms with Crippen LogP contribution in [-0.4, -0.2) is 53.7 Å². The zero-order valence-electron chi connectivity index (χ0n) is 16.4. The van der Waals surface area contributed by atoms with Crippen molar-refractivity contribution in [2.24, 2.45) is 0 Å². The number of aromatic nitrogens is 2. The van der Waals surface area contributed by atoms with E-state index in [2.05, 4.69) is 4.98 Å². The molecule has 2 aromatic heterocycles. The van der Waals surface area contributed by atoms with Crippen LogP contribution in [-0.2, 0) is 22.6 Å². The van der Waals surface area contributed by atoms with E-state index in [9.17, 15) is 9.59 Å². The molecular formula is C21H24N4O4. The topological polar surface area (TPSA) is 80.8 Å². The molecule has 3 heterocycles. The number of anilines is 1. The highest BCUT2D eigenvalue weighted by atomic mass is 16.5. The second kappa shape index (κ2) is 8.48. The lowest BCUT2D eigenvalue weighted by Crippen LogP contribution is -2.41. The highest BCUT2D eigenvalue weighted by Crippen LogP contribution is 2.16. The maximum Gasteiger partial charge on any atom is 0.294 e. The lowest BCUT2D eigenvalue weighted by Gasteiger charge is -2.28. The predicted molar refractivity (Wildman–Crippen MR) is 109 cm³/mol. The Morgan fingerprint density at radius 3 is 2.72 bits per heavy atom.